The molecular weight excluding hydrogens is 294 g/mol. The molecule has 0 radical (unpaired) electrons. The Bertz CT molecular complexity index is 342. The lowest BCUT2D eigenvalue weighted by molar-refractivity contribution is 0.274. The van der Waals surface area contributed by atoms with Crippen LogP contribution in [0.4, 0.5) is 0 Å². The van der Waals surface area contributed by atoms with Crippen LogP contribution in [-0.4, -0.2) is 6.04 Å². The van der Waals surface area contributed by atoms with Gasteiger partial charge in [0.25, 0.3) is 0 Å². The maximum absolute atomic E-state index is 3.78. The molecule has 1 atom stereocenters. The van der Waals surface area contributed by atoms with E-state index in [0.29, 0.717) is 6.04 Å². The standard InChI is InChI=1S/C14H22BrNS/c1-3-11-4-6-13(7-5-11)16-10(2)14-8-12(15)9-17-14/h8-11,13,16H,3-7H2,1-2H3. The highest BCUT2D eigenvalue weighted by atomic mass is 79.9. The Labute approximate surface area is 117 Å². The first-order valence-corrected chi connectivity index (χ1v) is 8.36. The van der Waals surface area contributed by atoms with Crippen LogP contribution >= 0.6 is 27.3 Å². The number of hydrogen-bond donors (Lipinski definition) is 1. The molecule has 96 valence electrons. The Hall–Kier alpha value is 0.140. The molecular formula is C14H22BrNS. The van der Waals surface area contributed by atoms with Crippen molar-refractivity contribution in [3.05, 3.63) is 20.8 Å². The molecule has 1 heterocycles. The highest BCUT2D eigenvalue weighted by Gasteiger charge is 2.21. The zero-order chi connectivity index (χ0) is 12.3. The SMILES string of the molecule is CCC1CCC(NC(C)c2cc(Br)cs2)CC1. The van der Waals surface area contributed by atoms with Crippen molar-refractivity contribution in [3.63, 3.8) is 0 Å². The van der Waals surface area contributed by atoms with Gasteiger partial charge in [-0.15, -0.1) is 11.3 Å². The second kappa shape index (κ2) is 6.35. The van der Waals surface area contributed by atoms with Crippen LogP contribution in [0.2, 0.25) is 0 Å². The van der Waals surface area contributed by atoms with Gasteiger partial charge in [0.15, 0.2) is 0 Å². The van der Waals surface area contributed by atoms with Crippen LogP contribution in [-0.2, 0) is 0 Å². The maximum atomic E-state index is 3.78. The van der Waals surface area contributed by atoms with Crippen molar-refractivity contribution >= 4 is 27.3 Å². The van der Waals surface area contributed by atoms with Gasteiger partial charge in [0.05, 0.1) is 0 Å². The minimum absolute atomic E-state index is 0.495. The molecule has 0 amide bonds. The van der Waals surface area contributed by atoms with Crippen molar-refractivity contribution in [3.8, 4) is 0 Å². The summed E-state index contributed by atoms with van der Waals surface area (Å²) in [4.78, 5) is 1.44. The van der Waals surface area contributed by atoms with Gasteiger partial charge in [-0.1, -0.05) is 13.3 Å². The topological polar surface area (TPSA) is 12.0 Å². The molecule has 1 N–H and O–H groups in total. The van der Waals surface area contributed by atoms with E-state index in [1.807, 2.05) is 11.3 Å². The summed E-state index contributed by atoms with van der Waals surface area (Å²) < 4.78 is 1.21. The summed E-state index contributed by atoms with van der Waals surface area (Å²) in [7, 11) is 0. The van der Waals surface area contributed by atoms with Crippen LogP contribution in [0.5, 0.6) is 0 Å². The third kappa shape index (κ3) is 3.80. The van der Waals surface area contributed by atoms with E-state index in [0.717, 1.165) is 12.0 Å². The van der Waals surface area contributed by atoms with E-state index in [9.17, 15) is 0 Å². The summed E-state index contributed by atoms with van der Waals surface area (Å²) in [6, 6.07) is 3.46. The number of nitrogens with one attached hydrogen (secondary N) is 1. The first kappa shape index (κ1) is 13.6. The number of halogens is 1. The Morgan fingerprint density at radius 2 is 2.12 bits per heavy atom. The first-order chi connectivity index (χ1) is 8.19. The summed E-state index contributed by atoms with van der Waals surface area (Å²) >= 11 is 5.37. The van der Waals surface area contributed by atoms with Gasteiger partial charge in [0, 0.05) is 26.8 Å². The molecule has 0 aromatic carbocycles. The zero-order valence-electron chi connectivity index (χ0n) is 10.7. The van der Waals surface area contributed by atoms with Crippen LogP contribution in [0.1, 0.15) is 56.9 Å². The van der Waals surface area contributed by atoms with Crippen LogP contribution in [0, 0.1) is 5.92 Å². The van der Waals surface area contributed by atoms with E-state index in [1.165, 1.54) is 41.5 Å². The van der Waals surface area contributed by atoms with E-state index < -0.39 is 0 Å². The molecule has 0 saturated heterocycles. The summed E-state index contributed by atoms with van der Waals surface area (Å²) in [6.45, 7) is 4.61. The monoisotopic (exact) mass is 315 g/mol. The minimum Gasteiger partial charge on any atom is -0.307 e. The second-order valence-electron chi connectivity index (χ2n) is 5.18. The van der Waals surface area contributed by atoms with Gasteiger partial charge in [-0.25, -0.2) is 0 Å². The number of rotatable bonds is 4. The lowest BCUT2D eigenvalue weighted by Crippen LogP contribution is -2.34. The normalized spacial score (nSPS) is 27.0. The molecule has 0 aliphatic heterocycles. The highest BCUT2D eigenvalue weighted by molar-refractivity contribution is 9.10. The lowest BCUT2D eigenvalue weighted by atomic mass is 9.84. The van der Waals surface area contributed by atoms with Gasteiger partial charge in [-0.05, 0) is 60.5 Å². The van der Waals surface area contributed by atoms with E-state index in [2.05, 4.69) is 46.5 Å². The lowest BCUT2D eigenvalue weighted by Gasteiger charge is -2.30. The Morgan fingerprint density at radius 1 is 1.41 bits per heavy atom. The largest absolute Gasteiger partial charge is 0.307 e. The molecule has 1 aliphatic carbocycles. The molecule has 3 heteroatoms. The Morgan fingerprint density at radius 3 is 2.65 bits per heavy atom. The van der Waals surface area contributed by atoms with E-state index >= 15 is 0 Å². The smallest absolute Gasteiger partial charge is 0.0388 e. The molecule has 1 fully saturated rings. The fourth-order valence-electron chi connectivity index (χ4n) is 2.73. The predicted octanol–water partition coefficient (Wildman–Crippen LogP) is 5.13. The van der Waals surface area contributed by atoms with Crippen LogP contribution in [0.25, 0.3) is 0 Å². The van der Waals surface area contributed by atoms with Crippen molar-refractivity contribution in [1.29, 1.82) is 0 Å². The molecule has 0 spiro atoms. The van der Waals surface area contributed by atoms with Crippen LogP contribution < -0.4 is 5.32 Å². The fourth-order valence-corrected chi connectivity index (χ4v) is 4.19. The maximum Gasteiger partial charge on any atom is 0.0388 e. The van der Waals surface area contributed by atoms with Crippen LogP contribution in [0.15, 0.2) is 15.9 Å². The molecule has 1 nitrogen and oxygen atoms in total. The van der Waals surface area contributed by atoms with Crippen molar-refractivity contribution in [2.45, 2.75) is 58.0 Å². The van der Waals surface area contributed by atoms with Gasteiger partial charge in [0.2, 0.25) is 0 Å². The van der Waals surface area contributed by atoms with Crippen molar-refractivity contribution in [1.82, 2.24) is 5.32 Å². The summed E-state index contributed by atoms with van der Waals surface area (Å²) in [5.41, 5.74) is 0. The number of thiophene rings is 1. The van der Waals surface area contributed by atoms with Crippen molar-refractivity contribution in [2.75, 3.05) is 0 Å². The van der Waals surface area contributed by atoms with Gasteiger partial charge in [-0.3, -0.25) is 0 Å². The van der Waals surface area contributed by atoms with Crippen molar-refractivity contribution in [2.24, 2.45) is 5.92 Å². The second-order valence-corrected chi connectivity index (χ2v) is 7.04. The van der Waals surface area contributed by atoms with Crippen molar-refractivity contribution < 1.29 is 0 Å². The predicted molar refractivity (Wildman–Crippen MR) is 79.6 cm³/mol. The fraction of sp³-hybridized carbons (Fsp3) is 0.714. The molecule has 1 aromatic rings. The molecule has 2 rings (SSSR count). The average molecular weight is 316 g/mol. The average Bonchev–Trinajstić information content (AvgIpc) is 2.77. The summed E-state index contributed by atoms with van der Waals surface area (Å²) in [5, 5.41) is 5.95. The van der Waals surface area contributed by atoms with Gasteiger partial charge >= 0.3 is 0 Å². The quantitative estimate of drug-likeness (QED) is 0.812. The van der Waals surface area contributed by atoms with E-state index in [4.69, 9.17) is 0 Å². The summed E-state index contributed by atoms with van der Waals surface area (Å²) in [6.07, 6.45) is 6.90. The zero-order valence-corrected chi connectivity index (χ0v) is 13.1. The Kier molecular flexibility index (Phi) is 5.07. The molecule has 1 aromatic heterocycles. The van der Waals surface area contributed by atoms with E-state index in [1.54, 1.807) is 0 Å². The highest BCUT2D eigenvalue weighted by Crippen LogP contribution is 2.30. The third-order valence-electron chi connectivity index (χ3n) is 3.92. The molecule has 0 bridgehead atoms. The van der Waals surface area contributed by atoms with Gasteiger partial charge in [-0.2, -0.15) is 0 Å². The van der Waals surface area contributed by atoms with Gasteiger partial charge < -0.3 is 5.32 Å². The van der Waals surface area contributed by atoms with Gasteiger partial charge in [0.1, 0.15) is 0 Å². The minimum atomic E-state index is 0.495. The molecule has 1 saturated carbocycles. The molecule has 17 heavy (non-hydrogen) atoms. The summed E-state index contributed by atoms with van der Waals surface area (Å²) in [5.74, 6) is 0.985. The Balaban J connectivity index is 1.81. The molecule has 1 aliphatic rings. The third-order valence-corrected chi connectivity index (χ3v) is 5.80. The number of hydrogen-bond acceptors (Lipinski definition) is 2. The van der Waals surface area contributed by atoms with E-state index in [-0.39, 0.29) is 0 Å². The molecule has 1 unspecified atom stereocenters. The first-order valence-electron chi connectivity index (χ1n) is 6.69. The van der Waals surface area contributed by atoms with Crippen LogP contribution in [0.3, 0.4) is 0 Å².